The molecule has 2 aromatic heterocycles. The minimum atomic E-state index is -1.73. The molecule has 0 amide bonds. The van der Waals surface area contributed by atoms with Gasteiger partial charge in [-0.05, 0) is 12.1 Å². The van der Waals surface area contributed by atoms with Gasteiger partial charge in [-0.25, -0.2) is 9.97 Å². The van der Waals surface area contributed by atoms with E-state index in [0.29, 0.717) is 5.82 Å². The summed E-state index contributed by atoms with van der Waals surface area (Å²) in [5.41, 5.74) is 0.692. The zero-order valence-corrected chi connectivity index (χ0v) is 9.33. The summed E-state index contributed by atoms with van der Waals surface area (Å²) in [7, 11) is 0. The lowest BCUT2D eigenvalue weighted by Gasteiger charge is -2.10. The van der Waals surface area contributed by atoms with Crippen LogP contribution in [0.3, 0.4) is 0 Å². The van der Waals surface area contributed by atoms with Crippen LogP contribution in [0.1, 0.15) is 12.0 Å². The molecule has 0 unspecified atom stereocenters. The fraction of sp³-hybridized carbons (Fsp3) is 0.100. The Bertz CT molecular complexity index is 507. The quantitative estimate of drug-likeness (QED) is 0.712. The van der Waals surface area contributed by atoms with Crippen molar-refractivity contribution >= 4 is 23.1 Å². The number of halogens is 1. The highest BCUT2D eigenvalue weighted by Gasteiger charge is 2.14. The van der Waals surface area contributed by atoms with Gasteiger partial charge in [0.15, 0.2) is 12.1 Å². The maximum Gasteiger partial charge on any atom is 0.197 e. The number of rotatable bonds is 3. The Kier molecular flexibility index (Phi) is 3.48. The first kappa shape index (κ1) is 11.7. The molecule has 17 heavy (non-hydrogen) atoms. The average Bonchev–Trinajstić information content (AvgIpc) is 2.33. The second-order valence-corrected chi connectivity index (χ2v) is 3.53. The molecular weight excluding hydrogens is 244 g/mol. The standard InChI is InChI=1S/C10H9ClN4O2/c11-7-8(10(16)17)13-5-14-9(7)15-6-1-3-12-4-2-6/h1-5,10,16-17H,(H,12,13,14,15). The van der Waals surface area contributed by atoms with Crippen molar-refractivity contribution in [1.82, 2.24) is 15.0 Å². The second kappa shape index (κ2) is 5.05. The van der Waals surface area contributed by atoms with E-state index in [-0.39, 0.29) is 10.7 Å². The van der Waals surface area contributed by atoms with Crippen LogP contribution in [0.5, 0.6) is 0 Å². The predicted molar refractivity (Wildman–Crippen MR) is 61.7 cm³/mol. The molecule has 0 spiro atoms. The third kappa shape index (κ3) is 2.68. The Morgan fingerprint density at radius 2 is 1.88 bits per heavy atom. The number of hydrogen-bond acceptors (Lipinski definition) is 6. The number of aliphatic hydroxyl groups excluding tert-OH is 1. The fourth-order valence-electron chi connectivity index (χ4n) is 1.22. The maximum absolute atomic E-state index is 9.04. The number of hydrogen-bond donors (Lipinski definition) is 3. The molecule has 0 aromatic carbocycles. The Morgan fingerprint density at radius 3 is 2.53 bits per heavy atom. The van der Waals surface area contributed by atoms with E-state index in [2.05, 4.69) is 20.3 Å². The summed E-state index contributed by atoms with van der Waals surface area (Å²) < 4.78 is 0. The molecule has 0 aliphatic carbocycles. The van der Waals surface area contributed by atoms with E-state index in [1.807, 2.05) is 0 Å². The highest BCUT2D eigenvalue weighted by atomic mass is 35.5. The first-order valence-corrected chi connectivity index (χ1v) is 5.10. The van der Waals surface area contributed by atoms with E-state index in [1.54, 1.807) is 24.5 Å². The van der Waals surface area contributed by atoms with E-state index in [4.69, 9.17) is 21.8 Å². The molecule has 0 bridgehead atoms. The van der Waals surface area contributed by atoms with E-state index >= 15 is 0 Å². The number of nitrogens with zero attached hydrogens (tertiary/aromatic N) is 3. The van der Waals surface area contributed by atoms with Crippen molar-refractivity contribution in [2.45, 2.75) is 6.29 Å². The number of aliphatic hydroxyl groups is 2. The SMILES string of the molecule is OC(O)c1ncnc(Nc2ccncc2)c1Cl. The predicted octanol–water partition coefficient (Wildman–Crippen LogP) is 1.25. The van der Waals surface area contributed by atoms with Gasteiger partial charge in [0, 0.05) is 18.1 Å². The first-order chi connectivity index (χ1) is 8.18. The Hall–Kier alpha value is -1.76. The molecule has 3 N–H and O–H groups in total. The third-order valence-corrected chi connectivity index (χ3v) is 2.38. The number of nitrogens with one attached hydrogen (secondary N) is 1. The molecule has 6 nitrogen and oxygen atoms in total. The Labute approximate surface area is 102 Å². The molecular formula is C10H9ClN4O2. The molecule has 0 fully saturated rings. The molecule has 2 aromatic rings. The van der Waals surface area contributed by atoms with Crippen molar-refractivity contribution in [2.75, 3.05) is 5.32 Å². The van der Waals surface area contributed by atoms with Crippen molar-refractivity contribution < 1.29 is 10.2 Å². The summed E-state index contributed by atoms with van der Waals surface area (Å²) in [5.74, 6) is 0.302. The molecule has 0 saturated carbocycles. The number of anilines is 2. The molecule has 7 heteroatoms. The normalized spacial score (nSPS) is 10.6. The molecule has 2 heterocycles. The molecule has 0 radical (unpaired) electrons. The van der Waals surface area contributed by atoms with Crippen LogP contribution in [0.25, 0.3) is 0 Å². The van der Waals surface area contributed by atoms with Gasteiger partial charge in [0.05, 0.1) is 0 Å². The Morgan fingerprint density at radius 1 is 1.18 bits per heavy atom. The monoisotopic (exact) mass is 252 g/mol. The Balaban J connectivity index is 2.31. The average molecular weight is 253 g/mol. The highest BCUT2D eigenvalue weighted by Crippen LogP contribution is 2.27. The topological polar surface area (TPSA) is 91.2 Å². The van der Waals surface area contributed by atoms with Crippen molar-refractivity contribution in [3.8, 4) is 0 Å². The summed E-state index contributed by atoms with van der Waals surface area (Å²) in [6.07, 6.45) is 2.69. The van der Waals surface area contributed by atoms with Crippen LogP contribution in [0.2, 0.25) is 5.02 Å². The fourth-order valence-corrected chi connectivity index (χ4v) is 1.47. The molecule has 0 saturated heterocycles. The van der Waals surface area contributed by atoms with Gasteiger partial charge in [-0.15, -0.1) is 0 Å². The van der Waals surface area contributed by atoms with E-state index < -0.39 is 6.29 Å². The lowest BCUT2D eigenvalue weighted by Crippen LogP contribution is -2.04. The lowest BCUT2D eigenvalue weighted by molar-refractivity contribution is -0.0457. The van der Waals surface area contributed by atoms with Crippen LogP contribution < -0.4 is 5.32 Å². The van der Waals surface area contributed by atoms with Gasteiger partial charge in [-0.1, -0.05) is 11.6 Å². The zero-order valence-electron chi connectivity index (χ0n) is 8.58. The van der Waals surface area contributed by atoms with Crippen molar-refractivity contribution in [3.63, 3.8) is 0 Å². The summed E-state index contributed by atoms with van der Waals surface area (Å²) >= 11 is 5.93. The van der Waals surface area contributed by atoms with E-state index in [0.717, 1.165) is 5.69 Å². The van der Waals surface area contributed by atoms with Crippen LogP contribution in [-0.2, 0) is 0 Å². The minimum Gasteiger partial charge on any atom is -0.363 e. The van der Waals surface area contributed by atoms with Crippen LogP contribution in [-0.4, -0.2) is 25.2 Å². The molecule has 2 rings (SSSR count). The second-order valence-electron chi connectivity index (χ2n) is 3.16. The number of pyridine rings is 1. The van der Waals surface area contributed by atoms with Gasteiger partial charge in [-0.3, -0.25) is 4.98 Å². The molecule has 0 atom stereocenters. The molecule has 0 aliphatic heterocycles. The van der Waals surface area contributed by atoms with Gasteiger partial charge in [0.1, 0.15) is 17.0 Å². The van der Waals surface area contributed by atoms with Gasteiger partial charge in [0.2, 0.25) is 0 Å². The third-order valence-electron chi connectivity index (χ3n) is 2.00. The van der Waals surface area contributed by atoms with Crippen LogP contribution >= 0.6 is 11.6 Å². The van der Waals surface area contributed by atoms with Crippen molar-refractivity contribution in [3.05, 3.63) is 41.6 Å². The lowest BCUT2D eigenvalue weighted by atomic mass is 10.3. The molecule has 0 aliphatic rings. The maximum atomic E-state index is 9.04. The highest BCUT2D eigenvalue weighted by molar-refractivity contribution is 6.33. The smallest absolute Gasteiger partial charge is 0.197 e. The van der Waals surface area contributed by atoms with Crippen LogP contribution in [0.4, 0.5) is 11.5 Å². The van der Waals surface area contributed by atoms with E-state index in [9.17, 15) is 0 Å². The number of aromatic nitrogens is 3. The first-order valence-electron chi connectivity index (χ1n) is 4.72. The molecule has 88 valence electrons. The largest absolute Gasteiger partial charge is 0.363 e. The van der Waals surface area contributed by atoms with Gasteiger partial charge < -0.3 is 15.5 Å². The minimum absolute atomic E-state index is 0.0433. The van der Waals surface area contributed by atoms with Crippen LogP contribution in [0, 0.1) is 0 Å². The zero-order chi connectivity index (χ0) is 12.3. The van der Waals surface area contributed by atoms with Crippen molar-refractivity contribution in [2.24, 2.45) is 0 Å². The van der Waals surface area contributed by atoms with Gasteiger partial charge in [0.25, 0.3) is 0 Å². The summed E-state index contributed by atoms with van der Waals surface area (Å²) in [4.78, 5) is 11.5. The summed E-state index contributed by atoms with van der Waals surface area (Å²) in [6.45, 7) is 0. The van der Waals surface area contributed by atoms with Crippen molar-refractivity contribution in [1.29, 1.82) is 0 Å². The van der Waals surface area contributed by atoms with Crippen LogP contribution in [0.15, 0.2) is 30.9 Å². The summed E-state index contributed by atoms with van der Waals surface area (Å²) in [5, 5.41) is 21.1. The van der Waals surface area contributed by atoms with E-state index in [1.165, 1.54) is 6.33 Å². The van der Waals surface area contributed by atoms with Gasteiger partial charge in [-0.2, -0.15) is 0 Å². The summed E-state index contributed by atoms with van der Waals surface area (Å²) in [6, 6.07) is 3.46. The van der Waals surface area contributed by atoms with Gasteiger partial charge >= 0.3 is 0 Å².